The maximum Gasteiger partial charge on any atom is 0.205 e. The van der Waals surface area contributed by atoms with Gasteiger partial charge in [0.15, 0.2) is 0 Å². The van der Waals surface area contributed by atoms with E-state index < -0.39 is 0 Å². The van der Waals surface area contributed by atoms with Crippen molar-refractivity contribution in [3.63, 3.8) is 0 Å². The number of hydrogen-bond donors (Lipinski definition) is 1. The summed E-state index contributed by atoms with van der Waals surface area (Å²) in [5.74, 6) is 0. The summed E-state index contributed by atoms with van der Waals surface area (Å²) >= 11 is 1.63. The van der Waals surface area contributed by atoms with E-state index in [-0.39, 0.29) is 0 Å². The Balaban J connectivity index is 2.01. The molecule has 1 N–H and O–H groups in total. The smallest absolute Gasteiger partial charge is 0.205 e. The van der Waals surface area contributed by atoms with Crippen molar-refractivity contribution in [2.75, 3.05) is 5.32 Å². The Bertz CT molecular complexity index is 479. The third-order valence-electron chi connectivity index (χ3n) is 2.70. The summed E-state index contributed by atoms with van der Waals surface area (Å²) in [4.78, 5) is 0. The van der Waals surface area contributed by atoms with Crippen LogP contribution in [0.1, 0.15) is 30.0 Å². The summed E-state index contributed by atoms with van der Waals surface area (Å²) in [5.41, 5.74) is 2.73. The van der Waals surface area contributed by atoms with Crippen LogP contribution in [0.15, 0.2) is 24.3 Å². The molecule has 0 saturated heterocycles. The molecular formula is C13H17N3S. The van der Waals surface area contributed by atoms with Gasteiger partial charge in [0, 0.05) is 6.54 Å². The Morgan fingerprint density at radius 2 is 1.82 bits per heavy atom. The summed E-state index contributed by atoms with van der Waals surface area (Å²) in [7, 11) is 0. The van der Waals surface area contributed by atoms with Gasteiger partial charge in [0.05, 0.1) is 0 Å². The summed E-state index contributed by atoms with van der Waals surface area (Å²) < 4.78 is 0. The van der Waals surface area contributed by atoms with Crippen molar-refractivity contribution in [2.24, 2.45) is 0 Å². The lowest BCUT2D eigenvalue weighted by atomic mass is 10.1. The molecule has 2 aromatic rings. The van der Waals surface area contributed by atoms with Crippen LogP contribution in [-0.2, 0) is 19.4 Å². The third-order valence-corrected chi connectivity index (χ3v) is 3.72. The van der Waals surface area contributed by atoms with Gasteiger partial charge >= 0.3 is 0 Å². The zero-order valence-electron chi connectivity index (χ0n) is 10.2. The lowest BCUT2D eigenvalue weighted by molar-refractivity contribution is 0.970. The molecule has 0 aliphatic rings. The lowest BCUT2D eigenvalue weighted by Gasteiger charge is -2.07. The first-order valence-electron chi connectivity index (χ1n) is 5.96. The minimum absolute atomic E-state index is 0.822. The van der Waals surface area contributed by atoms with Crippen LogP contribution in [0.25, 0.3) is 0 Å². The highest BCUT2D eigenvalue weighted by Crippen LogP contribution is 2.17. The SMILES string of the molecule is CCc1nnc(NCc2ccccc2CC)s1. The van der Waals surface area contributed by atoms with Crippen molar-refractivity contribution in [1.29, 1.82) is 0 Å². The fourth-order valence-corrected chi connectivity index (χ4v) is 2.39. The van der Waals surface area contributed by atoms with Gasteiger partial charge in [-0.25, -0.2) is 0 Å². The van der Waals surface area contributed by atoms with Crippen molar-refractivity contribution in [3.05, 3.63) is 40.4 Å². The molecule has 1 heterocycles. The normalized spacial score (nSPS) is 10.5. The minimum atomic E-state index is 0.822. The van der Waals surface area contributed by atoms with Crippen molar-refractivity contribution in [1.82, 2.24) is 10.2 Å². The van der Waals surface area contributed by atoms with E-state index in [2.05, 4.69) is 53.6 Å². The third kappa shape index (κ3) is 3.03. The van der Waals surface area contributed by atoms with Crippen LogP contribution in [0, 0.1) is 0 Å². The van der Waals surface area contributed by atoms with Crippen molar-refractivity contribution < 1.29 is 0 Å². The highest BCUT2D eigenvalue weighted by Gasteiger charge is 2.03. The van der Waals surface area contributed by atoms with E-state index in [0.29, 0.717) is 0 Å². The number of benzene rings is 1. The zero-order chi connectivity index (χ0) is 12.1. The second-order valence-corrected chi connectivity index (χ2v) is 4.89. The second-order valence-electron chi connectivity index (χ2n) is 3.83. The molecule has 0 aliphatic carbocycles. The fourth-order valence-electron chi connectivity index (χ4n) is 1.71. The Hall–Kier alpha value is -1.42. The van der Waals surface area contributed by atoms with Crippen LogP contribution in [0.4, 0.5) is 5.13 Å². The van der Waals surface area contributed by atoms with E-state index in [1.165, 1.54) is 11.1 Å². The van der Waals surface area contributed by atoms with Gasteiger partial charge in [-0.1, -0.05) is 49.4 Å². The predicted octanol–water partition coefficient (Wildman–Crippen LogP) is 3.28. The van der Waals surface area contributed by atoms with Crippen LogP contribution in [-0.4, -0.2) is 10.2 Å². The summed E-state index contributed by atoms with van der Waals surface area (Å²) in [6, 6.07) is 8.50. The van der Waals surface area contributed by atoms with E-state index in [4.69, 9.17) is 0 Å². The molecule has 90 valence electrons. The lowest BCUT2D eigenvalue weighted by Crippen LogP contribution is -2.02. The molecule has 1 aromatic heterocycles. The van der Waals surface area contributed by atoms with Gasteiger partial charge in [0.2, 0.25) is 5.13 Å². The number of rotatable bonds is 5. The molecule has 3 nitrogen and oxygen atoms in total. The largest absolute Gasteiger partial charge is 0.356 e. The Morgan fingerprint density at radius 1 is 1.06 bits per heavy atom. The highest BCUT2D eigenvalue weighted by atomic mass is 32.1. The quantitative estimate of drug-likeness (QED) is 0.881. The minimum Gasteiger partial charge on any atom is -0.356 e. The van der Waals surface area contributed by atoms with Crippen molar-refractivity contribution in [3.8, 4) is 0 Å². The zero-order valence-corrected chi connectivity index (χ0v) is 11.0. The molecule has 0 unspecified atom stereocenters. The average molecular weight is 247 g/mol. The molecule has 2 rings (SSSR count). The molecule has 0 aliphatic heterocycles. The summed E-state index contributed by atoms with van der Waals surface area (Å²) in [6.07, 6.45) is 2.01. The number of aromatic nitrogens is 2. The van der Waals surface area contributed by atoms with Gasteiger partial charge in [-0.15, -0.1) is 10.2 Å². The monoisotopic (exact) mass is 247 g/mol. The number of nitrogens with zero attached hydrogens (tertiary/aromatic N) is 2. The summed E-state index contributed by atoms with van der Waals surface area (Å²) in [6.45, 7) is 5.10. The molecule has 0 amide bonds. The molecule has 4 heteroatoms. The fraction of sp³-hybridized carbons (Fsp3) is 0.385. The Labute approximate surface area is 106 Å². The summed E-state index contributed by atoms with van der Waals surface area (Å²) in [5, 5.41) is 13.5. The van der Waals surface area contributed by atoms with Crippen LogP contribution < -0.4 is 5.32 Å². The molecular weight excluding hydrogens is 230 g/mol. The first-order valence-corrected chi connectivity index (χ1v) is 6.78. The van der Waals surface area contributed by atoms with E-state index in [9.17, 15) is 0 Å². The number of aryl methyl sites for hydroxylation is 2. The number of hydrogen-bond acceptors (Lipinski definition) is 4. The van der Waals surface area contributed by atoms with Crippen molar-refractivity contribution in [2.45, 2.75) is 33.2 Å². The second kappa shape index (κ2) is 5.77. The van der Waals surface area contributed by atoms with Gasteiger partial charge in [0.1, 0.15) is 5.01 Å². The van der Waals surface area contributed by atoms with E-state index >= 15 is 0 Å². The van der Waals surface area contributed by atoms with E-state index in [1.807, 2.05) is 0 Å². The van der Waals surface area contributed by atoms with Gasteiger partial charge < -0.3 is 5.32 Å². The standard InChI is InChI=1S/C13H17N3S/c1-3-10-7-5-6-8-11(10)9-14-13-16-15-12(4-2)17-13/h5-8H,3-4,9H2,1-2H3,(H,14,16). The molecule has 0 spiro atoms. The maximum absolute atomic E-state index is 4.11. The van der Waals surface area contributed by atoms with Gasteiger partial charge in [-0.3, -0.25) is 0 Å². The molecule has 0 saturated carbocycles. The first-order chi connectivity index (χ1) is 8.33. The average Bonchev–Trinajstić information content (AvgIpc) is 2.84. The Kier molecular flexibility index (Phi) is 4.09. The van der Waals surface area contributed by atoms with Crippen LogP contribution >= 0.6 is 11.3 Å². The molecule has 0 bridgehead atoms. The topological polar surface area (TPSA) is 37.8 Å². The molecule has 1 aromatic carbocycles. The van der Waals surface area contributed by atoms with Gasteiger partial charge in [-0.2, -0.15) is 0 Å². The maximum atomic E-state index is 4.11. The van der Waals surface area contributed by atoms with Gasteiger partial charge in [-0.05, 0) is 24.0 Å². The van der Waals surface area contributed by atoms with Gasteiger partial charge in [0.25, 0.3) is 0 Å². The Morgan fingerprint density at radius 3 is 2.47 bits per heavy atom. The van der Waals surface area contributed by atoms with E-state index in [0.717, 1.165) is 29.5 Å². The molecule has 17 heavy (non-hydrogen) atoms. The first kappa shape index (κ1) is 12.0. The number of nitrogens with one attached hydrogen (secondary N) is 1. The highest BCUT2D eigenvalue weighted by molar-refractivity contribution is 7.15. The molecule has 0 fully saturated rings. The number of anilines is 1. The van der Waals surface area contributed by atoms with Crippen molar-refractivity contribution >= 4 is 16.5 Å². The predicted molar refractivity (Wildman–Crippen MR) is 72.4 cm³/mol. The van der Waals surface area contributed by atoms with E-state index in [1.54, 1.807) is 11.3 Å². The van der Waals surface area contributed by atoms with Crippen LogP contribution in [0.2, 0.25) is 0 Å². The molecule has 0 atom stereocenters. The molecule has 0 radical (unpaired) electrons. The van der Waals surface area contributed by atoms with Crippen LogP contribution in [0.5, 0.6) is 0 Å². The van der Waals surface area contributed by atoms with Crippen LogP contribution in [0.3, 0.4) is 0 Å².